The molecule has 0 spiro atoms. The van der Waals surface area contributed by atoms with Crippen molar-refractivity contribution in [1.82, 2.24) is 0 Å². The van der Waals surface area contributed by atoms with Gasteiger partial charge in [-0.15, -0.1) is 11.3 Å². The lowest BCUT2D eigenvalue weighted by molar-refractivity contribution is 1.60. The summed E-state index contributed by atoms with van der Waals surface area (Å²) in [6, 6.07) is 9.39. The third-order valence-corrected chi connectivity index (χ3v) is 3.72. The number of nitrogens with two attached hydrogens (primary N) is 1. The van der Waals surface area contributed by atoms with Crippen molar-refractivity contribution in [1.29, 1.82) is 0 Å². The van der Waals surface area contributed by atoms with Crippen LogP contribution < -0.4 is 11.1 Å². The van der Waals surface area contributed by atoms with Crippen molar-refractivity contribution < 1.29 is 0 Å². The smallest absolute Gasteiger partial charge is 0.0939 e. The van der Waals surface area contributed by atoms with Gasteiger partial charge in [0.2, 0.25) is 0 Å². The average molecular weight is 304 g/mol. The number of rotatable bonds is 2. The predicted molar refractivity (Wildman–Crippen MR) is 71.2 cm³/mol. The second-order valence-corrected chi connectivity index (χ2v) is 5.80. The zero-order valence-corrected chi connectivity index (χ0v) is 10.8. The van der Waals surface area contributed by atoms with Crippen LogP contribution in [0.25, 0.3) is 0 Å². The molecule has 5 heteroatoms. The molecule has 0 fully saturated rings. The standard InChI is InChI=1S/C10H8BrClN2S/c11-8-4-5-9(15-8)14-10-6(12)2-1-3-7(10)13/h1-5,14H,13H2. The summed E-state index contributed by atoms with van der Waals surface area (Å²) >= 11 is 11.0. The van der Waals surface area contributed by atoms with Gasteiger partial charge in [-0.25, -0.2) is 0 Å². The van der Waals surface area contributed by atoms with Crippen molar-refractivity contribution in [2.24, 2.45) is 0 Å². The molecule has 3 N–H and O–H groups in total. The van der Waals surface area contributed by atoms with Crippen molar-refractivity contribution in [3.05, 3.63) is 39.1 Å². The van der Waals surface area contributed by atoms with E-state index in [-0.39, 0.29) is 0 Å². The van der Waals surface area contributed by atoms with Crippen LogP contribution in [0.3, 0.4) is 0 Å². The van der Waals surface area contributed by atoms with Gasteiger partial charge in [-0.1, -0.05) is 17.7 Å². The molecule has 0 aliphatic carbocycles. The van der Waals surface area contributed by atoms with Gasteiger partial charge >= 0.3 is 0 Å². The van der Waals surface area contributed by atoms with Crippen LogP contribution in [0.15, 0.2) is 34.1 Å². The summed E-state index contributed by atoms with van der Waals surface area (Å²) in [7, 11) is 0. The zero-order chi connectivity index (χ0) is 10.8. The summed E-state index contributed by atoms with van der Waals surface area (Å²) < 4.78 is 1.07. The maximum absolute atomic E-state index is 6.04. The Morgan fingerprint density at radius 1 is 1.27 bits per heavy atom. The molecule has 1 aromatic heterocycles. The summed E-state index contributed by atoms with van der Waals surface area (Å²) in [5, 5.41) is 4.82. The fourth-order valence-corrected chi connectivity index (χ4v) is 2.70. The summed E-state index contributed by atoms with van der Waals surface area (Å²) in [6.07, 6.45) is 0. The van der Waals surface area contributed by atoms with Crippen LogP contribution >= 0.6 is 38.9 Å². The van der Waals surface area contributed by atoms with E-state index in [2.05, 4.69) is 21.2 Å². The molecule has 0 saturated heterocycles. The predicted octanol–water partition coefficient (Wildman–Crippen LogP) is 4.49. The van der Waals surface area contributed by atoms with Gasteiger partial charge in [-0.05, 0) is 40.2 Å². The molecule has 0 unspecified atom stereocenters. The molecule has 0 aliphatic heterocycles. The number of hydrogen-bond acceptors (Lipinski definition) is 3. The molecule has 2 rings (SSSR count). The van der Waals surface area contributed by atoms with Gasteiger partial charge in [0, 0.05) is 0 Å². The average Bonchev–Trinajstić information content (AvgIpc) is 2.58. The van der Waals surface area contributed by atoms with E-state index >= 15 is 0 Å². The van der Waals surface area contributed by atoms with E-state index in [4.69, 9.17) is 17.3 Å². The van der Waals surface area contributed by atoms with E-state index in [1.165, 1.54) is 0 Å². The third-order valence-electron chi connectivity index (χ3n) is 1.87. The normalized spacial score (nSPS) is 10.3. The Kier molecular flexibility index (Phi) is 3.19. The number of nitrogens with one attached hydrogen (secondary N) is 1. The Balaban J connectivity index is 2.31. The van der Waals surface area contributed by atoms with Crippen LogP contribution in [0.1, 0.15) is 0 Å². The zero-order valence-electron chi connectivity index (χ0n) is 7.63. The van der Waals surface area contributed by atoms with Crippen molar-refractivity contribution in [2.45, 2.75) is 0 Å². The van der Waals surface area contributed by atoms with Crippen molar-refractivity contribution >= 4 is 55.2 Å². The number of benzene rings is 1. The maximum Gasteiger partial charge on any atom is 0.0939 e. The number of nitrogen functional groups attached to an aromatic ring is 1. The minimum absolute atomic E-state index is 0.625. The van der Waals surface area contributed by atoms with Gasteiger partial charge in [-0.3, -0.25) is 0 Å². The molecule has 0 aliphatic rings. The molecule has 0 atom stereocenters. The van der Waals surface area contributed by atoms with Crippen LogP contribution in [-0.2, 0) is 0 Å². The third kappa shape index (κ3) is 2.45. The molecule has 0 radical (unpaired) electrons. The monoisotopic (exact) mass is 302 g/mol. The van der Waals surface area contributed by atoms with E-state index in [0.29, 0.717) is 10.7 Å². The summed E-state index contributed by atoms with van der Waals surface area (Å²) in [5.41, 5.74) is 7.23. The van der Waals surface area contributed by atoms with Gasteiger partial charge in [0.05, 0.1) is 25.2 Å². The van der Waals surface area contributed by atoms with E-state index < -0.39 is 0 Å². The number of thiophene rings is 1. The molecule has 1 heterocycles. The quantitative estimate of drug-likeness (QED) is 0.802. The number of anilines is 3. The Morgan fingerprint density at radius 2 is 2.07 bits per heavy atom. The number of hydrogen-bond donors (Lipinski definition) is 2. The second kappa shape index (κ2) is 4.43. The van der Waals surface area contributed by atoms with Crippen LogP contribution in [-0.4, -0.2) is 0 Å². The number of para-hydroxylation sites is 1. The molecule has 78 valence electrons. The van der Waals surface area contributed by atoms with Crippen molar-refractivity contribution in [3.63, 3.8) is 0 Å². The molecule has 0 bridgehead atoms. The molecule has 0 amide bonds. The molecular formula is C10H8BrClN2S. The van der Waals surface area contributed by atoms with Gasteiger partial charge in [0.1, 0.15) is 0 Å². The molecule has 2 aromatic rings. The lowest BCUT2D eigenvalue weighted by Gasteiger charge is -2.08. The van der Waals surface area contributed by atoms with Crippen LogP contribution in [0.4, 0.5) is 16.4 Å². The van der Waals surface area contributed by atoms with Gasteiger partial charge in [0.15, 0.2) is 0 Å². The lowest BCUT2D eigenvalue weighted by atomic mass is 10.2. The summed E-state index contributed by atoms with van der Waals surface area (Å²) in [6.45, 7) is 0. The van der Waals surface area contributed by atoms with E-state index in [0.717, 1.165) is 14.5 Å². The highest BCUT2D eigenvalue weighted by molar-refractivity contribution is 9.11. The highest BCUT2D eigenvalue weighted by Crippen LogP contribution is 2.34. The summed E-state index contributed by atoms with van der Waals surface area (Å²) in [5.74, 6) is 0. The van der Waals surface area contributed by atoms with Gasteiger partial charge in [0.25, 0.3) is 0 Å². The lowest BCUT2D eigenvalue weighted by Crippen LogP contribution is -1.95. The first-order valence-corrected chi connectivity index (χ1v) is 6.22. The van der Waals surface area contributed by atoms with Crippen molar-refractivity contribution in [2.75, 3.05) is 11.1 Å². The van der Waals surface area contributed by atoms with E-state index in [1.54, 1.807) is 11.3 Å². The first-order valence-electron chi connectivity index (χ1n) is 4.23. The van der Waals surface area contributed by atoms with E-state index in [9.17, 15) is 0 Å². The Hall–Kier alpha value is -0.710. The van der Waals surface area contributed by atoms with Crippen LogP contribution in [0.5, 0.6) is 0 Å². The Bertz CT molecular complexity index is 464. The van der Waals surface area contributed by atoms with Gasteiger partial charge in [-0.2, -0.15) is 0 Å². The Labute approximate surface area is 105 Å². The van der Waals surface area contributed by atoms with Crippen LogP contribution in [0, 0.1) is 0 Å². The molecule has 0 saturated carbocycles. The first kappa shape index (κ1) is 10.8. The topological polar surface area (TPSA) is 38.0 Å². The minimum Gasteiger partial charge on any atom is -0.397 e. The number of halogens is 2. The van der Waals surface area contributed by atoms with E-state index in [1.807, 2.05) is 30.3 Å². The van der Waals surface area contributed by atoms with Crippen LogP contribution in [0.2, 0.25) is 5.02 Å². The maximum atomic E-state index is 6.04. The minimum atomic E-state index is 0.625. The molecular weight excluding hydrogens is 296 g/mol. The Morgan fingerprint density at radius 3 is 2.67 bits per heavy atom. The fraction of sp³-hybridized carbons (Fsp3) is 0. The molecule has 2 nitrogen and oxygen atoms in total. The first-order chi connectivity index (χ1) is 7.16. The highest BCUT2D eigenvalue weighted by Gasteiger charge is 2.05. The molecule has 1 aromatic carbocycles. The highest BCUT2D eigenvalue weighted by atomic mass is 79.9. The molecule has 15 heavy (non-hydrogen) atoms. The second-order valence-electron chi connectivity index (χ2n) is 2.93. The fourth-order valence-electron chi connectivity index (χ4n) is 1.18. The largest absolute Gasteiger partial charge is 0.397 e. The SMILES string of the molecule is Nc1cccc(Cl)c1Nc1ccc(Br)s1. The van der Waals surface area contributed by atoms with Gasteiger partial charge < -0.3 is 11.1 Å². The van der Waals surface area contributed by atoms with Crippen molar-refractivity contribution in [3.8, 4) is 0 Å². The summed E-state index contributed by atoms with van der Waals surface area (Å²) in [4.78, 5) is 0.